The molecule has 0 bridgehead atoms. The number of likely N-dealkylation sites (tertiary alicyclic amines) is 1. The molecule has 9 nitrogen and oxygen atoms in total. The highest BCUT2D eigenvalue weighted by Gasteiger charge is 2.26. The second-order valence-electron chi connectivity index (χ2n) is 7.15. The number of nitrogens with one attached hydrogen (secondary N) is 1. The number of benzene rings is 2. The fraction of sp³-hybridized carbons (Fsp3) is 0.364. The van der Waals surface area contributed by atoms with E-state index in [2.05, 4.69) is 5.32 Å². The highest BCUT2D eigenvalue weighted by molar-refractivity contribution is 7.99. The van der Waals surface area contributed by atoms with Gasteiger partial charge in [0.25, 0.3) is 11.6 Å². The van der Waals surface area contributed by atoms with Crippen molar-refractivity contribution in [3.05, 3.63) is 58.1 Å². The van der Waals surface area contributed by atoms with Gasteiger partial charge in [-0.25, -0.2) is 4.79 Å². The fourth-order valence-electron chi connectivity index (χ4n) is 3.35. The molecule has 0 aliphatic carbocycles. The quantitative estimate of drug-likeness (QED) is 0.490. The summed E-state index contributed by atoms with van der Waals surface area (Å²) >= 11 is 1.25. The number of hydrogen-bond donors (Lipinski definition) is 1. The largest absolute Gasteiger partial charge is 0.497 e. The number of nitro groups is 1. The molecule has 1 N–H and O–H groups in total. The molecule has 2 aromatic rings. The molecule has 0 unspecified atom stereocenters. The molecule has 0 saturated carbocycles. The van der Waals surface area contributed by atoms with Gasteiger partial charge in [0.1, 0.15) is 5.75 Å². The molecule has 0 aromatic heterocycles. The van der Waals surface area contributed by atoms with E-state index >= 15 is 0 Å². The lowest BCUT2D eigenvalue weighted by molar-refractivity contribution is -0.387. The molecule has 1 heterocycles. The van der Waals surface area contributed by atoms with Crippen LogP contribution < -0.4 is 10.1 Å². The van der Waals surface area contributed by atoms with E-state index in [1.54, 1.807) is 43.2 Å². The summed E-state index contributed by atoms with van der Waals surface area (Å²) in [6, 6.07) is 11.6. The molecule has 170 valence electrons. The second kappa shape index (κ2) is 10.9. The van der Waals surface area contributed by atoms with Gasteiger partial charge in [-0.3, -0.25) is 14.9 Å². The molecule has 10 heteroatoms. The molecule has 3 rings (SSSR count). The van der Waals surface area contributed by atoms with E-state index in [0.717, 1.165) is 4.90 Å². The van der Waals surface area contributed by atoms with Gasteiger partial charge in [0.2, 0.25) is 0 Å². The standard InChI is InChI=1S/C22H25N3O6S/c1-3-31-22(27)24-12-10-16(11-13-24)23-21(26)15-4-9-20(19(14-15)25(28)29)32-18-7-5-17(30-2)6-8-18/h4-9,14,16H,3,10-13H2,1-2H3,(H,23,26). The predicted molar refractivity (Wildman–Crippen MR) is 119 cm³/mol. The van der Waals surface area contributed by atoms with Crippen LogP contribution in [0.3, 0.4) is 0 Å². The monoisotopic (exact) mass is 459 g/mol. The molecular weight excluding hydrogens is 434 g/mol. The first-order valence-corrected chi connectivity index (χ1v) is 11.1. The van der Waals surface area contributed by atoms with Crippen molar-refractivity contribution in [1.29, 1.82) is 0 Å². The Morgan fingerprint density at radius 1 is 1.19 bits per heavy atom. The Labute approximate surface area is 190 Å². The van der Waals surface area contributed by atoms with Crippen LogP contribution in [0.1, 0.15) is 30.1 Å². The van der Waals surface area contributed by atoms with Crippen LogP contribution in [0.5, 0.6) is 5.75 Å². The van der Waals surface area contributed by atoms with E-state index in [9.17, 15) is 19.7 Å². The first-order valence-electron chi connectivity index (χ1n) is 10.2. The van der Waals surface area contributed by atoms with Gasteiger partial charge in [-0.2, -0.15) is 0 Å². The smallest absolute Gasteiger partial charge is 0.409 e. The van der Waals surface area contributed by atoms with E-state index in [1.165, 1.54) is 17.8 Å². The first-order chi connectivity index (χ1) is 15.4. The molecular formula is C22H25N3O6S. The lowest BCUT2D eigenvalue weighted by Gasteiger charge is -2.31. The fourth-order valence-corrected chi connectivity index (χ4v) is 4.25. The number of amides is 2. The van der Waals surface area contributed by atoms with Crippen LogP contribution in [0.25, 0.3) is 0 Å². The average Bonchev–Trinajstić information content (AvgIpc) is 2.80. The third kappa shape index (κ3) is 5.91. The van der Waals surface area contributed by atoms with Gasteiger partial charge in [0.05, 0.1) is 23.5 Å². The van der Waals surface area contributed by atoms with E-state index in [-0.39, 0.29) is 29.3 Å². The maximum atomic E-state index is 12.7. The van der Waals surface area contributed by atoms with Gasteiger partial charge in [0.15, 0.2) is 0 Å². The van der Waals surface area contributed by atoms with Crippen LogP contribution in [0, 0.1) is 10.1 Å². The third-order valence-electron chi connectivity index (χ3n) is 5.06. The van der Waals surface area contributed by atoms with Crippen molar-refractivity contribution < 1.29 is 24.0 Å². The highest BCUT2D eigenvalue weighted by Crippen LogP contribution is 2.36. The SMILES string of the molecule is CCOC(=O)N1CCC(NC(=O)c2ccc(Sc3ccc(OC)cc3)c([N+](=O)[O-])c2)CC1. The lowest BCUT2D eigenvalue weighted by Crippen LogP contribution is -2.46. The van der Waals surface area contributed by atoms with Crippen LogP contribution in [0.15, 0.2) is 52.3 Å². The molecule has 1 aliphatic heterocycles. The Kier molecular flexibility index (Phi) is 7.93. The number of piperidine rings is 1. The van der Waals surface area contributed by atoms with Gasteiger partial charge < -0.3 is 19.7 Å². The number of nitro benzene ring substituents is 1. The Bertz CT molecular complexity index is 974. The summed E-state index contributed by atoms with van der Waals surface area (Å²) in [6.07, 6.45) is 0.841. The maximum Gasteiger partial charge on any atom is 0.409 e. The topological polar surface area (TPSA) is 111 Å². The van der Waals surface area contributed by atoms with Crippen LogP contribution in [0.4, 0.5) is 10.5 Å². The second-order valence-corrected chi connectivity index (χ2v) is 8.27. The minimum absolute atomic E-state index is 0.111. The summed E-state index contributed by atoms with van der Waals surface area (Å²) in [5, 5.41) is 14.5. The summed E-state index contributed by atoms with van der Waals surface area (Å²) in [4.78, 5) is 38.5. The van der Waals surface area contributed by atoms with E-state index in [4.69, 9.17) is 9.47 Å². The molecule has 32 heavy (non-hydrogen) atoms. The molecule has 1 aliphatic rings. The number of methoxy groups -OCH3 is 1. The van der Waals surface area contributed by atoms with E-state index < -0.39 is 4.92 Å². The number of carbonyl (C=O) groups excluding carboxylic acids is 2. The highest BCUT2D eigenvalue weighted by atomic mass is 32.2. The van der Waals surface area contributed by atoms with Crippen molar-refractivity contribution in [2.24, 2.45) is 0 Å². The molecule has 0 radical (unpaired) electrons. The summed E-state index contributed by atoms with van der Waals surface area (Å²) in [6.45, 7) is 3.05. The van der Waals surface area contributed by atoms with Crippen molar-refractivity contribution >= 4 is 29.4 Å². The van der Waals surface area contributed by atoms with E-state index in [1.807, 2.05) is 12.1 Å². The summed E-state index contributed by atoms with van der Waals surface area (Å²) < 4.78 is 10.1. The van der Waals surface area contributed by atoms with Crippen LogP contribution in [0.2, 0.25) is 0 Å². The zero-order chi connectivity index (χ0) is 23.1. The van der Waals surface area contributed by atoms with Crippen molar-refractivity contribution in [3.8, 4) is 5.75 Å². The first kappa shape index (κ1) is 23.4. The zero-order valence-corrected chi connectivity index (χ0v) is 18.7. The van der Waals surface area contributed by atoms with E-state index in [0.29, 0.717) is 43.2 Å². The van der Waals surface area contributed by atoms with Crippen LogP contribution in [-0.2, 0) is 4.74 Å². The van der Waals surface area contributed by atoms with Gasteiger partial charge >= 0.3 is 6.09 Å². The molecule has 2 amide bonds. The molecule has 0 atom stereocenters. The lowest BCUT2D eigenvalue weighted by atomic mass is 10.0. The Morgan fingerprint density at radius 3 is 2.47 bits per heavy atom. The molecule has 0 spiro atoms. The van der Waals surface area contributed by atoms with Crippen molar-refractivity contribution in [2.75, 3.05) is 26.8 Å². The van der Waals surface area contributed by atoms with Gasteiger partial charge in [0, 0.05) is 35.7 Å². The zero-order valence-electron chi connectivity index (χ0n) is 17.9. The Morgan fingerprint density at radius 2 is 1.88 bits per heavy atom. The molecule has 2 aromatic carbocycles. The number of carbonyl (C=O) groups is 2. The number of rotatable bonds is 7. The van der Waals surface area contributed by atoms with Crippen molar-refractivity contribution in [1.82, 2.24) is 10.2 Å². The molecule has 1 saturated heterocycles. The Hall–Kier alpha value is -3.27. The summed E-state index contributed by atoms with van der Waals surface area (Å²) in [5.41, 5.74) is 0.0965. The van der Waals surface area contributed by atoms with Gasteiger partial charge in [-0.1, -0.05) is 11.8 Å². The third-order valence-corrected chi connectivity index (χ3v) is 6.13. The minimum atomic E-state index is -0.486. The van der Waals surface area contributed by atoms with Gasteiger partial charge in [-0.15, -0.1) is 0 Å². The summed E-state index contributed by atoms with van der Waals surface area (Å²) in [7, 11) is 1.57. The normalized spacial score (nSPS) is 14.0. The van der Waals surface area contributed by atoms with Crippen molar-refractivity contribution in [3.63, 3.8) is 0 Å². The number of hydrogen-bond acceptors (Lipinski definition) is 7. The number of nitrogens with zero attached hydrogens (tertiary/aromatic N) is 2. The van der Waals surface area contributed by atoms with Crippen LogP contribution >= 0.6 is 11.8 Å². The number of ether oxygens (including phenoxy) is 2. The molecule has 1 fully saturated rings. The summed E-state index contributed by atoms with van der Waals surface area (Å²) in [5.74, 6) is 0.327. The minimum Gasteiger partial charge on any atom is -0.497 e. The van der Waals surface area contributed by atoms with Crippen molar-refractivity contribution in [2.45, 2.75) is 35.6 Å². The maximum absolute atomic E-state index is 12.7. The predicted octanol–water partition coefficient (Wildman–Crippen LogP) is 4.11. The Balaban J connectivity index is 1.65. The average molecular weight is 460 g/mol. The van der Waals surface area contributed by atoms with Gasteiger partial charge in [-0.05, 0) is 56.2 Å². The van der Waals surface area contributed by atoms with Crippen LogP contribution in [-0.4, -0.2) is 54.7 Å².